The Morgan fingerprint density at radius 2 is 1.65 bits per heavy atom. The van der Waals surface area contributed by atoms with Gasteiger partial charge in [0.2, 0.25) is 0 Å². The molecule has 20 heavy (non-hydrogen) atoms. The van der Waals surface area contributed by atoms with E-state index in [4.69, 9.17) is 0 Å². The van der Waals surface area contributed by atoms with Crippen molar-refractivity contribution in [2.75, 3.05) is 19.6 Å². The summed E-state index contributed by atoms with van der Waals surface area (Å²) in [6, 6.07) is 1.67. The highest BCUT2D eigenvalue weighted by molar-refractivity contribution is 4.91. The molecule has 0 aromatic carbocycles. The molecule has 2 saturated heterocycles. The van der Waals surface area contributed by atoms with E-state index in [1.807, 2.05) is 0 Å². The first-order valence-electron chi connectivity index (χ1n) is 9.39. The zero-order chi connectivity index (χ0) is 14.0. The van der Waals surface area contributed by atoms with Gasteiger partial charge in [0.1, 0.15) is 0 Å². The minimum atomic E-state index is 0.812. The van der Waals surface area contributed by atoms with Gasteiger partial charge in [0.25, 0.3) is 0 Å². The van der Waals surface area contributed by atoms with Gasteiger partial charge in [-0.05, 0) is 51.7 Å². The Balaban J connectivity index is 1.50. The van der Waals surface area contributed by atoms with Gasteiger partial charge >= 0.3 is 0 Å². The van der Waals surface area contributed by atoms with E-state index >= 15 is 0 Å². The van der Waals surface area contributed by atoms with Crippen molar-refractivity contribution in [2.24, 2.45) is 0 Å². The Kier molecular flexibility index (Phi) is 7.97. The predicted octanol–water partition coefficient (Wildman–Crippen LogP) is 4.34. The SMILES string of the molecule is CCCCCCCCCCN1CCCC1C1CCCN1. The highest BCUT2D eigenvalue weighted by Gasteiger charge is 2.32. The van der Waals surface area contributed by atoms with E-state index in [2.05, 4.69) is 17.1 Å². The van der Waals surface area contributed by atoms with Crippen LogP contribution in [0.25, 0.3) is 0 Å². The highest BCUT2D eigenvalue weighted by atomic mass is 15.2. The Labute approximate surface area is 126 Å². The summed E-state index contributed by atoms with van der Waals surface area (Å²) in [4.78, 5) is 2.79. The third kappa shape index (κ3) is 5.37. The molecule has 0 spiro atoms. The second-order valence-electron chi connectivity index (χ2n) is 6.92. The van der Waals surface area contributed by atoms with Crippen LogP contribution in [-0.4, -0.2) is 36.6 Å². The molecule has 118 valence electrons. The zero-order valence-corrected chi connectivity index (χ0v) is 13.7. The van der Waals surface area contributed by atoms with Crippen LogP contribution in [-0.2, 0) is 0 Å². The lowest BCUT2D eigenvalue weighted by molar-refractivity contribution is 0.210. The van der Waals surface area contributed by atoms with E-state index < -0.39 is 0 Å². The first-order valence-corrected chi connectivity index (χ1v) is 9.39. The molecule has 2 atom stereocenters. The summed E-state index contributed by atoms with van der Waals surface area (Å²) in [5.41, 5.74) is 0. The Morgan fingerprint density at radius 3 is 2.35 bits per heavy atom. The van der Waals surface area contributed by atoms with Crippen molar-refractivity contribution in [1.82, 2.24) is 10.2 Å². The summed E-state index contributed by atoms with van der Waals surface area (Å²) in [6.07, 6.45) is 17.2. The van der Waals surface area contributed by atoms with Gasteiger partial charge in [-0.15, -0.1) is 0 Å². The van der Waals surface area contributed by atoms with Crippen molar-refractivity contribution in [3.63, 3.8) is 0 Å². The fraction of sp³-hybridized carbons (Fsp3) is 1.00. The van der Waals surface area contributed by atoms with Crippen LogP contribution in [0.15, 0.2) is 0 Å². The molecule has 1 N–H and O–H groups in total. The van der Waals surface area contributed by atoms with Gasteiger partial charge in [-0.3, -0.25) is 4.90 Å². The first-order chi connectivity index (χ1) is 9.92. The third-order valence-corrected chi connectivity index (χ3v) is 5.28. The molecule has 2 heterocycles. The summed E-state index contributed by atoms with van der Waals surface area (Å²) < 4.78 is 0. The van der Waals surface area contributed by atoms with E-state index in [0.717, 1.165) is 12.1 Å². The summed E-state index contributed by atoms with van der Waals surface area (Å²) in [6.45, 7) is 6.27. The predicted molar refractivity (Wildman–Crippen MR) is 88.2 cm³/mol. The molecule has 0 saturated carbocycles. The van der Waals surface area contributed by atoms with Crippen LogP contribution in [0, 0.1) is 0 Å². The Morgan fingerprint density at radius 1 is 0.900 bits per heavy atom. The third-order valence-electron chi connectivity index (χ3n) is 5.28. The van der Waals surface area contributed by atoms with Crippen LogP contribution in [0.4, 0.5) is 0 Å². The molecule has 0 radical (unpaired) electrons. The van der Waals surface area contributed by atoms with Gasteiger partial charge in [-0.1, -0.05) is 51.9 Å². The number of unbranched alkanes of at least 4 members (excludes halogenated alkanes) is 7. The second-order valence-corrected chi connectivity index (χ2v) is 6.92. The molecular weight excluding hydrogens is 244 g/mol. The number of nitrogens with one attached hydrogen (secondary N) is 1. The minimum absolute atomic E-state index is 0.812. The van der Waals surface area contributed by atoms with Gasteiger partial charge in [0.15, 0.2) is 0 Å². The molecule has 0 aromatic rings. The van der Waals surface area contributed by atoms with Gasteiger partial charge in [-0.25, -0.2) is 0 Å². The quantitative estimate of drug-likeness (QED) is 0.599. The lowest BCUT2D eigenvalue weighted by Gasteiger charge is -2.29. The second kappa shape index (κ2) is 9.78. The first kappa shape index (κ1) is 16.3. The summed E-state index contributed by atoms with van der Waals surface area (Å²) in [5.74, 6) is 0. The van der Waals surface area contributed by atoms with Crippen molar-refractivity contribution < 1.29 is 0 Å². The molecule has 2 rings (SSSR count). The molecule has 2 nitrogen and oxygen atoms in total. The highest BCUT2D eigenvalue weighted by Crippen LogP contribution is 2.25. The van der Waals surface area contributed by atoms with Crippen LogP contribution in [0.1, 0.15) is 84.0 Å². The Hall–Kier alpha value is -0.0800. The molecule has 2 unspecified atom stereocenters. The molecular formula is C18H36N2. The summed E-state index contributed by atoms with van der Waals surface area (Å²) in [5, 5.41) is 3.72. The maximum Gasteiger partial charge on any atom is 0.0249 e. The summed E-state index contributed by atoms with van der Waals surface area (Å²) in [7, 11) is 0. The standard InChI is InChI=1S/C18H36N2/c1-2-3-4-5-6-7-8-9-15-20-16-11-13-18(20)17-12-10-14-19-17/h17-19H,2-16H2,1H3. The van der Waals surface area contributed by atoms with Crippen LogP contribution in [0.5, 0.6) is 0 Å². The number of nitrogens with zero attached hydrogens (tertiary/aromatic N) is 1. The topological polar surface area (TPSA) is 15.3 Å². The van der Waals surface area contributed by atoms with Crippen molar-refractivity contribution in [1.29, 1.82) is 0 Å². The normalized spacial score (nSPS) is 27.4. The van der Waals surface area contributed by atoms with Crippen molar-refractivity contribution in [3.05, 3.63) is 0 Å². The zero-order valence-electron chi connectivity index (χ0n) is 13.7. The molecule has 2 heteroatoms. The lowest BCUT2D eigenvalue weighted by Crippen LogP contribution is -2.44. The van der Waals surface area contributed by atoms with Gasteiger partial charge < -0.3 is 5.32 Å². The molecule has 0 aromatic heterocycles. The van der Waals surface area contributed by atoms with E-state index in [-0.39, 0.29) is 0 Å². The van der Waals surface area contributed by atoms with Crippen molar-refractivity contribution >= 4 is 0 Å². The smallest absolute Gasteiger partial charge is 0.0249 e. The minimum Gasteiger partial charge on any atom is -0.312 e. The van der Waals surface area contributed by atoms with Crippen LogP contribution >= 0.6 is 0 Å². The number of hydrogen-bond acceptors (Lipinski definition) is 2. The number of rotatable bonds is 10. The van der Waals surface area contributed by atoms with Crippen molar-refractivity contribution in [2.45, 2.75) is 96.1 Å². The largest absolute Gasteiger partial charge is 0.312 e. The average molecular weight is 280 g/mol. The van der Waals surface area contributed by atoms with Crippen LogP contribution in [0.3, 0.4) is 0 Å². The lowest BCUT2D eigenvalue weighted by atomic mass is 10.0. The molecule has 0 bridgehead atoms. The van der Waals surface area contributed by atoms with Crippen molar-refractivity contribution in [3.8, 4) is 0 Å². The van der Waals surface area contributed by atoms with E-state index in [1.54, 1.807) is 0 Å². The molecule has 2 aliphatic rings. The van der Waals surface area contributed by atoms with Crippen LogP contribution in [0.2, 0.25) is 0 Å². The molecule has 0 aliphatic carbocycles. The maximum absolute atomic E-state index is 3.72. The average Bonchev–Trinajstić information content (AvgIpc) is 3.11. The van der Waals surface area contributed by atoms with E-state index in [1.165, 1.54) is 96.7 Å². The van der Waals surface area contributed by atoms with Gasteiger partial charge in [0, 0.05) is 12.1 Å². The fourth-order valence-electron chi connectivity index (χ4n) is 4.07. The fourth-order valence-corrected chi connectivity index (χ4v) is 4.07. The van der Waals surface area contributed by atoms with Crippen LogP contribution < -0.4 is 5.32 Å². The number of hydrogen-bond donors (Lipinski definition) is 1. The summed E-state index contributed by atoms with van der Waals surface area (Å²) >= 11 is 0. The van der Waals surface area contributed by atoms with Gasteiger partial charge in [-0.2, -0.15) is 0 Å². The monoisotopic (exact) mass is 280 g/mol. The molecule has 0 amide bonds. The molecule has 2 aliphatic heterocycles. The Bertz CT molecular complexity index is 236. The maximum atomic E-state index is 3.72. The van der Waals surface area contributed by atoms with E-state index in [0.29, 0.717) is 0 Å². The molecule has 2 fully saturated rings. The number of likely N-dealkylation sites (tertiary alicyclic amines) is 1. The van der Waals surface area contributed by atoms with Gasteiger partial charge in [0.05, 0.1) is 0 Å². The van der Waals surface area contributed by atoms with E-state index in [9.17, 15) is 0 Å².